The molecule has 4 N–H and O–H groups in total. The summed E-state index contributed by atoms with van der Waals surface area (Å²) < 4.78 is 6.45. The number of amides is 2. The van der Waals surface area contributed by atoms with Crippen LogP contribution in [0.25, 0.3) is 0 Å². The zero-order valence-electron chi connectivity index (χ0n) is 33.8. The highest BCUT2D eigenvalue weighted by molar-refractivity contribution is 7.09. The third kappa shape index (κ3) is 11.8. The molecule has 2 amide bonds. The van der Waals surface area contributed by atoms with Crippen LogP contribution in [0.5, 0.6) is 0 Å². The molecule has 53 heavy (non-hydrogen) atoms. The van der Waals surface area contributed by atoms with E-state index in [1.165, 1.54) is 11.3 Å². The Hall–Kier alpha value is -2.90. The Morgan fingerprint density at radius 2 is 1.70 bits per heavy atom. The molecule has 0 saturated carbocycles. The van der Waals surface area contributed by atoms with Crippen LogP contribution in [-0.2, 0) is 25.5 Å². The first-order valence-corrected chi connectivity index (χ1v) is 20.6. The summed E-state index contributed by atoms with van der Waals surface area (Å²) in [5.41, 5.74) is 2.26. The lowest BCUT2D eigenvalue weighted by atomic mass is 9.80. The molecule has 1 aromatic heterocycles. The van der Waals surface area contributed by atoms with Crippen molar-refractivity contribution in [1.82, 2.24) is 25.4 Å². The molecule has 298 valence electrons. The Morgan fingerprint density at radius 1 is 1.02 bits per heavy atom. The molecule has 0 fully saturated rings. The van der Waals surface area contributed by atoms with E-state index < -0.39 is 30.3 Å². The second-order valence-electron chi connectivity index (χ2n) is 15.5. The molecule has 11 nitrogen and oxygen atoms in total. The van der Waals surface area contributed by atoms with Crippen LogP contribution in [-0.4, -0.2) is 94.2 Å². The molecule has 3 rings (SSSR count). The van der Waals surface area contributed by atoms with Gasteiger partial charge in [0, 0.05) is 37.0 Å². The van der Waals surface area contributed by atoms with Gasteiger partial charge in [-0.3, -0.25) is 24.6 Å². The normalized spacial score (nSPS) is 19.9. The molecule has 2 aromatic rings. The molecule has 0 spiro atoms. The number of hydrogen-bond acceptors (Lipinski definition) is 9. The number of aliphatic hydroxyl groups excluding tert-OH is 1. The van der Waals surface area contributed by atoms with Crippen LogP contribution in [0.3, 0.4) is 0 Å². The van der Waals surface area contributed by atoms with Gasteiger partial charge in [0.2, 0.25) is 11.8 Å². The summed E-state index contributed by atoms with van der Waals surface area (Å²) in [6, 6.07) is 6.15. The molecule has 0 radical (unpaired) electrons. The number of ether oxygens (including phenoxy) is 1. The van der Waals surface area contributed by atoms with E-state index in [0.717, 1.165) is 41.8 Å². The van der Waals surface area contributed by atoms with Crippen LogP contribution >= 0.6 is 11.3 Å². The Labute approximate surface area is 322 Å². The molecule has 1 aliphatic rings. The predicted molar refractivity (Wildman–Crippen MR) is 212 cm³/mol. The van der Waals surface area contributed by atoms with Crippen LogP contribution in [0.2, 0.25) is 0 Å². The van der Waals surface area contributed by atoms with Crippen molar-refractivity contribution in [2.75, 3.05) is 27.2 Å². The summed E-state index contributed by atoms with van der Waals surface area (Å²) >= 11 is 1.42. The van der Waals surface area contributed by atoms with Gasteiger partial charge in [0.15, 0.2) is 0 Å². The first kappa shape index (κ1) is 44.5. The summed E-state index contributed by atoms with van der Waals surface area (Å²) in [6.45, 7) is 17.6. The lowest BCUT2D eigenvalue weighted by Gasteiger charge is -2.40. The Morgan fingerprint density at radius 3 is 2.28 bits per heavy atom. The summed E-state index contributed by atoms with van der Waals surface area (Å²) in [5.74, 6) is -1.56. The number of fused-ring (bicyclic) bond motifs is 1. The van der Waals surface area contributed by atoms with Gasteiger partial charge >= 0.3 is 5.97 Å². The minimum Gasteiger partial charge on any atom is -0.481 e. The lowest BCUT2D eigenvalue weighted by molar-refractivity contribution is -0.143. The van der Waals surface area contributed by atoms with Crippen molar-refractivity contribution < 1.29 is 29.3 Å². The number of aromatic nitrogens is 1. The number of carbonyl (C=O) groups is 3. The molecule has 1 heterocycles. The molecule has 0 bridgehead atoms. The van der Waals surface area contributed by atoms with E-state index in [9.17, 15) is 24.6 Å². The molecule has 0 saturated heterocycles. The van der Waals surface area contributed by atoms with Crippen molar-refractivity contribution in [2.45, 2.75) is 143 Å². The Kier molecular flexibility index (Phi) is 17.8. The van der Waals surface area contributed by atoms with Gasteiger partial charge in [0.1, 0.15) is 23.4 Å². The average molecular weight is 758 g/mol. The Balaban J connectivity index is 1.87. The third-order valence-corrected chi connectivity index (χ3v) is 11.8. The van der Waals surface area contributed by atoms with Crippen molar-refractivity contribution in [3.8, 4) is 0 Å². The van der Waals surface area contributed by atoms with Crippen LogP contribution in [0.4, 0.5) is 0 Å². The topological polar surface area (TPSA) is 144 Å². The molecule has 0 aliphatic heterocycles. The van der Waals surface area contributed by atoms with Crippen molar-refractivity contribution >= 4 is 29.1 Å². The molecule has 1 aliphatic carbocycles. The van der Waals surface area contributed by atoms with Gasteiger partial charge in [-0.05, 0) is 68.7 Å². The maximum absolute atomic E-state index is 14.7. The predicted octanol–water partition coefficient (Wildman–Crippen LogP) is 6.54. The van der Waals surface area contributed by atoms with Crippen molar-refractivity contribution in [2.24, 2.45) is 17.8 Å². The fraction of sp³-hybridized carbons (Fsp3) is 0.707. The number of carboxylic acids is 1. The minimum atomic E-state index is -1.09. The molecular weight excluding hydrogens is 691 g/mol. The fourth-order valence-corrected chi connectivity index (χ4v) is 8.45. The van der Waals surface area contributed by atoms with Crippen LogP contribution in [0, 0.1) is 17.8 Å². The van der Waals surface area contributed by atoms with Gasteiger partial charge < -0.3 is 25.2 Å². The fourth-order valence-electron chi connectivity index (χ4n) is 7.55. The van der Waals surface area contributed by atoms with E-state index in [2.05, 4.69) is 59.1 Å². The number of thiazole rings is 1. The van der Waals surface area contributed by atoms with Crippen molar-refractivity contribution in [1.29, 1.82) is 0 Å². The van der Waals surface area contributed by atoms with Crippen LogP contribution in [0.15, 0.2) is 29.6 Å². The van der Waals surface area contributed by atoms with E-state index >= 15 is 0 Å². The van der Waals surface area contributed by atoms with Gasteiger partial charge in [-0.2, -0.15) is 0 Å². The highest BCUT2D eigenvalue weighted by atomic mass is 32.1. The number of aliphatic hydroxyl groups is 1. The second kappa shape index (κ2) is 21.3. The van der Waals surface area contributed by atoms with E-state index in [4.69, 9.17) is 9.72 Å². The smallest absolute Gasteiger partial charge is 0.311 e. The maximum Gasteiger partial charge on any atom is 0.311 e. The summed E-state index contributed by atoms with van der Waals surface area (Å²) in [6.07, 6.45) is 3.14. The number of carboxylic acid groups (broad SMARTS) is 1. The van der Waals surface area contributed by atoms with Crippen molar-refractivity contribution in [3.63, 3.8) is 0 Å². The maximum atomic E-state index is 14.7. The monoisotopic (exact) mass is 757 g/mol. The first-order chi connectivity index (χ1) is 25.2. The van der Waals surface area contributed by atoms with Crippen molar-refractivity contribution in [3.05, 3.63) is 51.5 Å². The number of rotatable bonds is 22. The van der Waals surface area contributed by atoms with Gasteiger partial charge in [-0.15, -0.1) is 11.3 Å². The molecule has 1 aromatic carbocycles. The van der Waals surface area contributed by atoms with Gasteiger partial charge in [-0.1, -0.05) is 92.5 Å². The van der Waals surface area contributed by atoms with Gasteiger partial charge in [0.25, 0.3) is 0 Å². The number of benzene rings is 1. The van der Waals surface area contributed by atoms with Crippen LogP contribution in [0.1, 0.15) is 134 Å². The minimum absolute atomic E-state index is 0.0653. The Bertz CT molecular complexity index is 1450. The third-order valence-electron chi connectivity index (χ3n) is 10.9. The molecule has 9 atom stereocenters. The number of aliphatic carboxylic acids is 1. The number of nitrogens with one attached hydrogen (secondary N) is 2. The first-order valence-electron chi connectivity index (χ1n) is 19.8. The number of hydrogen-bond donors (Lipinski definition) is 4. The standard InChI is InChI=1S/C41H67N5O6S/c1-11-19-46(40(49)35(26(7)13-3)44-38(48)36(45(9)10)27(8)14-4)33(25(5)6)23-34(52-20-12-2)39-43-32(24-53-39)37(47)42-29-21-28-17-15-16-18-30(28)31(22-29)41(50)51/h15-18,24-27,29,31,33-37,42,47H,11-14,19-23H2,1-10H3,(H,44,48)(H,50,51)/t26-,27-,29-,31+,33+,34+,35-,36-,37?/m0/s1. The summed E-state index contributed by atoms with van der Waals surface area (Å²) in [4.78, 5) is 49.3. The quantitative estimate of drug-likeness (QED) is 0.0986. The van der Waals surface area contributed by atoms with E-state index in [1.807, 2.05) is 60.5 Å². The van der Waals surface area contributed by atoms with E-state index in [-0.39, 0.29) is 47.7 Å². The highest BCUT2D eigenvalue weighted by Crippen LogP contribution is 2.35. The van der Waals surface area contributed by atoms with Gasteiger partial charge in [0.05, 0.1) is 17.7 Å². The largest absolute Gasteiger partial charge is 0.481 e. The molecular formula is C41H67N5O6S. The number of carbonyl (C=O) groups excluding carboxylic acids is 2. The SMILES string of the molecule is CCCO[C@H](C[C@H](C(C)C)N(CCC)C(=O)[C@@H](NC(=O)[C@H]([C@@H](C)CC)N(C)C)[C@@H](C)CC)c1nc(C(O)N[C@H]2Cc3ccccc3[C@H](C(=O)O)C2)cs1. The average Bonchev–Trinajstić information content (AvgIpc) is 3.62. The lowest BCUT2D eigenvalue weighted by Crippen LogP contribution is -2.59. The van der Waals surface area contributed by atoms with Crippen LogP contribution < -0.4 is 10.6 Å². The molecule has 1 unspecified atom stereocenters. The van der Waals surface area contributed by atoms with E-state index in [0.29, 0.717) is 38.1 Å². The molecule has 12 heteroatoms. The highest BCUT2D eigenvalue weighted by Gasteiger charge is 2.39. The van der Waals surface area contributed by atoms with Gasteiger partial charge in [-0.25, -0.2) is 4.98 Å². The summed E-state index contributed by atoms with van der Waals surface area (Å²) in [5, 5.41) is 30.2. The number of nitrogens with zero attached hydrogens (tertiary/aromatic N) is 3. The number of likely N-dealkylation sites (N-methyl/N-ethyl adjacent to an activating group) is 1. The second-order valence-corrected chi connectivity index (χ2v) is 16.4. The zero-order chi connectivity index (χ0) is 39.4. The zero-order valence-corrected chi connectivity index (χ0v) is 34.6. The van der Waals surface area contributed by atoms with E-state index in [1.54, 1.807) is 0 Å². The summed E-state index contributed by atoms with van der Waals surface area (Å²) in [7, 11) is 3.82.